The Balaban J connectivity index is 1.13. The highest BCUT2D eigenvalue weighted by molar-refractivity contribution is 6.30. The molecular weight excluding hydrogens is 618 g/mol. The maximum Gasteiger partial charge on any atom is 0.329 e. The van der Waals surface area contributed by atoms with E-state index in [9.17, 15) is 9.90 Å². The second-order valence-corrected chi connectivity index (χ2v) is 16.0. The van der Waals surface area contributed by atoms with Crippen LogP contribution in [-0.2, 0) is 29.6 Å². The SMILES string of the molecule is C[C@@H](COc1ccnc2c1[C@H](C)CCC2)C[C@H]1Cc2ccc(CN3CCCCC3)cc2C12CCC(Nc1cccc(Cl)c1)(C(=O)O)CC2. The Morgan fingerprint density at radius 3 is 2.67 bits per heavy atom. The van der Waals surface area contributed by atoms with Gasteiger partial charge in [0.25, 0.3) is 0 Å². The fourth-order valence-electron chi connectivity index (χ4n) is 9.62. The number of aromatic nitrogens is 1. The number of halogens is 1. The van der Waals surface area contributed by atoms with Crippen LogP contribution in [0.3, 0.4) is 0 Å². The molecule has 1 aliphatic heterocycles. The van der Waals surface area contributed by atoms with Crippen LogP contribution in [0.4, 0.5) is 5.69 Å². The number of anilines is 1. The number of fused-ring (bicyclic) bond motifs is 3. The predicted octanol–water partition coefficient (Wildman–Crippen LogP) is 9.19. The zero-order valence-electron chi connectivity index (χ0n) is 28.8. The van der Waals surface area contributed by atoms with Crippen molar-refractivity contribution in [2.24, 2.45) is 11.8 Å². The number of rotatable bonds is 10. The number of carboxylic acid groups (broad SMARTS) is 1. The molecule has 1 aromatic heterocycles. The lowest BCUT2D eigenvalue weighted by atomic mass is 9.59. The van der Waals surface area contributed by atoms with Crippen LogP contribution < -0.4 is 10.1 Å². The smallest absolute Gasteiger partial charge is 0.329 e. The molecule has 2 fully saturated rings. The first-order valence-corrected chi connectivity index (χ1v) is 18.8. The first kappa shape index (κ1) is 33.4. The first-order valence-electron chi connectivity index (χ1n) is 18.5. The summed E-state index contributed by atoms with van der Waals surface area (Å²) in [5, 5.41) is 14.7. The number of carbonyl (C=O) groups is 1. The lowest BCUT2D eigenvalue weighted by Crippen LogP contribution is -2.53. The quantitative estimate of drug-likeness (QED) is 0.224. The molecule has 0 bridgehead atoms. The monoisotopic (exact) mass is 669 g/mol. The maximum atomic E-state index is 13.0. The summed E-state index contributed by atoms with van der Waals surface area (Å²) in [5.74, 6) is 1.54. The van der Waals surface area contributed by atoms with Gasteiger partial charge in [-0.15, -0.1) is 0 Å². The van der Waals surface area contributed by atoms with Crippen molar-refractivity contribution in [1.29, 1.82) is 0 Å². The fourth-order valence-corrected chi connectivity index (χ4v) is 9.81. The minimum atomic E-state index is -1.01. The van der Waals surface area contributed by atoms with Gasteiger partial charge in [-0.05, 0) is 148 Å². The molecule has 0 unspecified atom stereocenters. The number of hydrogen-bond acceptors (Lipinski definition) is 5. The van der Waals surface area contributed by atoms with Crippen LogP contribution in [-0.4, -0.2) is 46.2 Å². The Kier molecular flexibility index (Phi) is 9.77. The number of carboxylic acids is 1. The molecule has 48 heavy (non-hydrogen) atoms. The van der Waals surface area contributed by atoms with E-state index in [1.54, 1.807) is 0 Å². The van der Waals surface area contributed by atoms with E-state index in [1.807, 2.05) is 30.5 Å². The molecule has 0 radical (unpaired) electrons. The lowest BCUT2D eigenvalue weighted by Gasteiger charge is -2.47. The molecule has 2 aromatic carbocycles. The standard InChI is InChI=1S/C41H52ClN3O3/c1-28(27-48-37-14-19-43-36-11-6-8-29(2)38(36)37)22-32-24-31-13-12-30(26-45-20-4-3-5-21-45)23-35(31)40(32)15-17-41(18-16-40,39(46)47)44-34-10-7-9-33(42)25-34/h7,9-10,12-14,19,23,25,28-29,32,44H,3-6,8,11,15-18,20-22,24,26-27H2,1-2H3,(H,46,47)/t28-,29-,32+,40?,41?/m1/s1. The van der Waals surface area contributed by atoms with Crippen molar-refractivity contribution in [3.8, 4) is 5.75 Å². The van der Waals surface area contributed by atoms with Gasteiger partial charge >= 0.3 is 5.97 Å². The molecule has 1 saturated heterocycles. The van der Waals surface area contributed by atoms with Crippen LogP contribution in [0.25, 0.3) is 0 Å². The topological polar surface area (TPSA) is 74.7 Å². The van der Waals surface area contributed by atoms with Crippen molar-refractivity contribution in [3.05, 3.63) is 87.7 Å². The predicted molar refractivity (Wildman–Crippen MR) is 193 cm³/mol. The molecule has 1 saturated carbocycles. The Morgan fingerprint density at radius 2 is 1.90 bits per heavy atom. The average Bonchev–Trinajstić information content (AvgIpc) is 3.36. The van der Waals surface area contributed by atoms with E-state index in [4.69, 9.17) is 16.3 Å². The lowest BCUT2D eigenvalue weighted by molar-refractivity contribution is -0.144. The van der Waals surface area contributed by atoms with Gasteiger partial charge in [0.15, 0.2) is 0 Å². The molecule has 2 N–H and O–H groups in total. The Hall–Kier alpha value is -3.09. The number of hydrogen-bond donors (Lipinski definition) is 2. The Labute approximate surface area is 291 Å². The third kappa shape index (κ3) is 6.72. The van der Waals surface area contributed by atoms with Gasteiger partial charge in [-0.25, -0.2) is 4.79 Å². The van der Waals surface area contributed by atoms with E-state index in [1.165, 1.54) is 73.1 Å². The van der Waals surface area contributed by atoms with Gasteiger partial charge < -0.3 is 15.2 Å². The summed E-state index contributed by atoms with van der Waals surface area (Å²) < 4.78 is 6.60. The fraction of sp³-hybridized carbons (Fsp3) is 0.561. The molecule has 6 nitrogen and oxygen atoms in total. The molecule has 256 valence electrons. The summed E-state index contributed by atoms with van der Waals surface area (Å²) in [6.45, 7) is 8.68. The second kappa shape index (κ2) is 14.0. The summed E-state index contributed by atoms with van der Waals surface area (Å²) in [6.07, 6.45) is 14.2. The van der Waals surface area contributed by atoms with Gasteiger partial charge in [0.05, 0.1) is 6.61 Å². The Morgan fingerprint density at radius 1 is 1.08 bits per heavy atom. The number of nitrogens with zero attached hydrogens (tertiary/aromatic N) is 2. The molecule has 3 aromatic rings. The Bertz CT molecular complexity index is 1610. The van der Waals surface area contributed by atoms with Crippen LogP contribution in [0.15, 0.2) is 54.7 Å². The summed E-state index contributed by atoms with van der Waals surface area (Å²) in [7, 11) is 0. The first-order chi connectivity index (χ1) is 23.2. The number of aliphatic carboxylic acids is 1. The van der Waals surface area contributed by atoms with Gasteiger partial charge in [-0.1, -0.05) is 56.1 Å². The molecule has 3 aliphatic carbocycles. The van der Waals surface area contributed by atoms with Crippen LogP contribution in [0, 0.1) is 11.8 Å². The van der Waals surface area contributed by atoms with E-state index < -0.39 is 11.5 Å². The minimum absolute atomic E-state index is 0.0409. The van der Waals surface area contributed by atoms with E-state index in [0.717, 1.165) is 50.1 Å². The highest BCUT2D eigenvalue weighted by Gasteiger charge is 2.54. The van der Waals surface area contributed by atoms with Crippen LogP contribution >= 0.6 is 11.6 Å². The minimum Gasteiger partial charge on any atom is -0.493 e. The van der Waals surface area contributed by atoms with Crippen LogP contribution in [0.2, 0.25) is 5.02 Å². The summed E-state index contributed by atoms with van der Waals surface area (Å²) >= 11 is 6.30. The number of piperidine rings is 1. The van der Waals surface area contributed by atoms with E-state index in [-0.39, 0.29) is 5.41 Å². The largest absolute Gasteiger partial charge is 0.493 e. The number of aryl methyl sites for hydroxylation is 1. The molecule has 1 spiro atoms. The van der Waals surface area contributed by atoms with E-state index >= 15 is 0 Å². The van der Waals surface area contributed by atoms with Crippen molar-refractivity contribution in [2.45, 2.75) is 114 Å². The molecule has 4 aliphatic rings. The molecule has 0 amide bonds. The van der Waals surface area contributed by atoms with Gasteiger partial charge in [-0.3, -0.25) is 9.88 Å². The van der Waals surface area contributed by atoms with Crippen molar-refractivity contribution in [3.63, 3.8) is 0 Å². The summed E-state index contributed by atoms with van der Waals surface area (Å²) in [6, 6.07) is 16.8. The highest BCUT2D eigenvalue weighted by atomic mass is 35.5. The van der Waals surface area contributed by atoms with Crippen LogP contribution in [0.1, 0.15) is 112 Å². The van der Waals surface area contributed by atoms with E-state index in [2.05, 4.69) is 53.3 Å². The third-order valence-corrected chi connectivity index (χ3v) is 12.4. The molecular formula is C41H52ClN3O3. The molecule has 2 heterocycles. The van der Waals surface area contributed by atoms with Gasteiger partial charge in [0.1, 0.15) is 11.3 Å². The van der Waals surface area contributed by atoms with Gasteiger partial charge in [-0.2, -0.15) is 0 Å². The van der Waals surface area contributed by atoms with Crippen molar-refractivity contribution in [2.75, 3.05) is 25.0 Å². The highest BCUT2D eigenvalue weighted by Crippen LogP contribution is 2.56. The summed E-state index contributed by atoms with van der Waals surface area (Å²) in [4.78, 5) is 20.3. The normalized spacial score (nSPS) is 27.6. The zero-order chi connectivity index (χ0) is 33.3. The average molecular weight is 670 g/mol. The number of ether oxygens (including phenoxy) is 1. The number of pyridine rings is 1. The van der Waals surface area contributed by atoms with Crippen molar-refractivity contribution >= 4 is 23.3 Å². The third-order valence-electron chi connectivity index (χ3n) is 12.2. The second-order valence-electron chi connectivity index (χ2n) is 15.5. The van der Waals surface area contributed by atoms with Gasteiger partial charge in [0, 0.05) is 34.7 Å². The molecule has 7 heteroatoms. The van der Waals surface area contributed by atoms with Gasteiger partial charge in [0.2, 0.25) is 0 Å². The molecule has 7 rings (SSSR count). The zero-order valence-corrected chi connectivity index (χ0v) is 29.5. The van der Waals surface area contributed by atoms with E-state index in [0.29, 0.717) is 42.2 Å². The van der Waals surface area contributed by atoms with Crippen molar-refractivity contribution < 1.29 is 14.6 Å². The number of likely N-dealkylation sites (tertiary alicyclic amines) is 1. The number of benzene rings is 2. The van der Waals surface area contributed by atoms with Crippen molar-refractivity contribution in [1.82, 2.24) is 9.88 Å². The van der Waals surface area contributed by atoms with Crippen LogP contribution in [0.5, 0.6) is 5.75 Å². The number of nitrogens with one attached hydrogen (secondary N) is 1. The molecule has 3 atom stereocenters. The maximum absolute atomic E-state index is 13.0. The summed E-state index contributed by atoms with van der Waals surface area (Å²) in [5.41, 5.74) is 6.57.